The molecule has 8 aromatic carbocycles. The van der Waals surface area contributed by atoms with Gasteiger partial charge in [-0.15, -0.1) is 0 Å². The normalized spacial score (nSPS) is 11.5. The Hall–Kier alpha value is -6.12. The Balaban J connectivity index is 1.31. The smallest absolute Gasteiger partial charge is 0.0547 e. The van der Waals surface area contributed by atoms with Crippen LogP contribution in [0.25, 0.3) is 60.2 Å². The van der Waals surface area contributed by atoms with E-state index in [2.05, 4.69) is 191 Å². The largest absolute Gasteiger partial charge is 0.309 e. The molecular weight excluding hydrogens is 556 g/mol. The number of nitrogens with zero attached hydrogens (tertiary/aromatic N) is 2. The van der Waals surface area contributed by atoms with Gasteiger partial charge in [-0.2, -0.15) is 0 Å². The molecule has 0 aliphatic heterocycles. The van der Waals surface area contributed by atoms with Crippen LogP contribution in [0.15, 0.2) is 182 Å². The van der Waals surface area contributed by atoms with Crippen LogP contribution < -0.4 is 4.90 Å². The highest BCUT2D eigenvalue weighted by atomic mass is 15.1. The molecular formula is C44H30N2. The number of aromatic nitrogens is 1. The van der Waals surface area contributed by atoms with Crippen molar-refractivity contribution >= 4 is 60.4 Å². The van der Waals surface area contributed by atoms with E-state index in [1.54, 1.807) is 0 Å². The zero-order chi connectivity index (χ0) is 30.5. The van der Waals surface area contributed by atoms with E-state index in [-0.39, 0.29) is 0 Å². The van der Waals surface area contributed by atoms with Gasteiger partial charge in [-0.25, -0.2) is 0 Å². The van der Waals surface area contributed by atoms with Crippen molar-refractivity contribution in [3.05, 3.63) is 182 Å². The quantitative estimate of drug-likeness (QED) is 0.195. The lowest BCUT2D eigenvalue weighted by Gasteiger charge is -2.29. The van der Waals surface area contributed by atoms with E-state index in [9.17, 15) is 0 Å². The van der Waals surface area contributed by atoms with Crippen molar-refractivity contribution in [2.75, 3.05) is 4.90 Å². The van der Waals surface area contributed by atoms with Crippen LogP contribution in [0.4, 0.5) is 17.1 Å². The lowest BCUT2D eigenvalue weighted by atomic mass is 9.99. The molecule has 46 heavy (non-hydrogen) atoms. The van der Waals surface area contributed by atoms with Crippen LogP contribution >= 0.6 is 0 Å². The first kappa shape index (κ1) is 26.3. The van der Waals surface area contributed by atoms with E-state index in [0.29, 0.717) is 0 Å². The second kappa shape index (κ2) is 10.8. The number of hydrogen-bond acceptors (Lipinski definition) is 1. The molecule has 0 fully saturated rings. The van der Waals surface area contributed by atoms with Crippen molar-refractivity contribution in [3.8, 4) is 16.8 Å². The van der Waals surface area contributed by atoms with E-state index in [4.69, 9.17) is 0 Å². The number of hydrogen-bond donors (Lipinski definition) is 0. The van der Waals surface area contributed by atoms with E-state index >= 15 is 0 Å². The zero-order valence-corrected chi connectivity index (χ0v) is 25.2. The van der Waals surface area contributed by atoms with E-state index in [0.717, 1.165) is 22.7 Å². The molecule has 0 unspecified atom stereocenters. The molecule has 9 rings (SSSR count). The van der Waals surface area contributed by atoms with Crippen molar-refractivity contribution in [3.63, 3.8) is 0 Å². The highest BCUT2D eigenvalue weighted by Gasteiger charge is 2.20. The van der Waals surface area contributed by atoms with Crippen molar-refractivity contribution in [2.24, 2.45) is 0 Å². The van der Waals surface area contributed by atoms with Gasteiger partial charge in [0.05, 0.1) is 22.4 Å². The van der Waals surface area contributed by atoms with Gasteiger partial charge in [0.25, 0.3) is 0 Å². The van der Waals surface area contributed by atoms with Gasteiger partial charge in [0.1, 0.15) is 0 Å². The monoisotopic (exact) mass is 586 g/mol. The summed E-state index contributed by atoms with van der Waals surface area (Å²) in [6.07, 6.45) is 0. The van der Waals surface area contributed by atoms with Crippen molar-refractivity contribution in [2.45, 2.75) is 0 Å². The molecule has 0 aliphatic rings. The fourth-order valence-corrected chi connectivity index (χ4v) is 7.03. The summed E-state index contributed by atoms with van der Waals surface area (Å²) in [6, 6.07) is 65.8. The first-order valence-electron chi connectivity index (χ1n) is 15.8. The van der Waals surface area contributed by atoms with Crippen LogP contribution in [0.5, 0.6) is 0 Å². The number of rotatable bonds is 5. The number of benzene rings is 8. The third-order valence-corrected chi connectivity index (χ3v) is 9.14. The number of para-hydroxylation sites is 3. The summed E-state index contributed by atoms with van der Waals surface area (Å²) in [5.74, 6) is 0. The van der Waals surface area contributed by atoms with Gasteiger partial charge in [-0.05, 0) is 70.3 Å². The second-order valence-corrected chi connectivity index (χ2v) is 11.8. The summed E-state index contributed by atoms with van der Waals surface area (Å²) in [5, 5.41) is 7.40. The average Bonchev–Trinajstić information content (AvgIpc) is 3.46. The SMILES string of the molecule is c1ccc(-n2c3ccccc3c3ccc(-c4ccccc4N(c4ccc5ccccc5c4)c4cccc5ccccc45)cc32)cc1. The molecule has 0 N–H and O–H groups in total. The second-order valence-electron chi connectivity index (χ2n) is 11.8. The predicted molar refractivity (Wildman–Crippen MR) is 196 cm³/mol. The van der Waals surface area contributed by atoms with Crippen LogP contribution in [0.2, 0.25) is 0 Å². The van der Waals surface area contributed by atoms with Gasteiger partial charge in [0.15, 0.2) is 0 Å². The predicted octanol–water partition coefficient (Wildman–Crippen LogP) is 12.2. The summed E-state index contributed by atoms with van der Waals surface area (Å²) in [7, 11) is 0. The zero-order valence-electron chi connectivity index (χ0n) is 25.2. The van der Waals surface area contributed by atoms with Gasteiger partial charge < -0.3 is 9.47 Å². The average molecular weight is 587 g/mol. The molecule has 0 aliphatic carbocycles. The van der Waals surface area contributed by atoms with Crippen LogP contribution in [0.3, 0.4) is 0 Å². The first-order chi connectivity index (χ1) is 22.8. The molecule has 216 valence electrons. The molecule has 9 aromatic rings. The molecule has 0 bridgehead atoms. The summed E-state index contributed by atoms with van der Waals surface area (Å²) in [5.41, 5.74) is 9.33. The number of fused-ring (bicyclic) bond motifs is 5. The minimum atomic E-state index is 1.13. The Bertz CT molecular complexity index is 2540. The highest BCUT2D eigenvalue weighted by Crippen LogP contribution is 2.45. The van der Waals surface area contributed by atoms with E-state index < -0.39 is 0 Å². The molecule has 1 heterocycles. The molecule has 2 heteroatoms. The van der Waals surface area contributed by atoms with Crippen molar-refractivity contribution < 1.29 is 0 Å². The van der Waals surface area contributed by atoms with Crippen LogP contribution in [-0.2, 0) is 0 Å². The third-order valence-electron chi connectivity index (χ3n) is 9.14. The van der Waals surface area contributed by atoms with Crippen LogP contribution in [-0.4, -0.2) is 4.57 Å². The molecule has 0 spiro atoms. The maximum absolute atomic E-state index is 2.43. The van der Waals surface area contributed by atoms with Gasteiger partial charge in [-0.3, -0.25) is 0 Å². The summed E-state index contributed by atoms with van der Waals surface area (Å²) < 4.78 is 2.39. The molecule has 0 saturated carbocycles. The topological polar surface area (TPSA) is 8.17 Å². The van der Waals surface area contributed by atoms with Gasteiger partial charge in [0, 0.05) is 33.1 Å². The van der Waals surface area contributed by atoms with Gasteiger partial charge in [0.2, 0.25) is 0 Å². The Kier molecular flexibility index (Phi) is 6.17. The Morgan fingerprint density at radius 2 is 1.02 bits per heavy atom. The maximum atomic E-state index is 2.43. The molecule has 0 radical (unpaired) electrons. The first-order valence-corrected chi connectivity index (χ1v) is 15.8. The fourth-order valence-electron chi connectivity index (χ4n) is 7.03. The lowest BCUT2D eigenvalue weighted by Crippen LogP contribution is -2.11. The van der Waals surface area contributed by atoms with E-state index in [1.807, 2.05) is 0 Å². The Labute approximate surface area is 268 Å². The molecule has 2 nitrogen and oxygen atoms in total. The maximum Gasteiger partial charge on any atom is 0.0547 e. The van der Waals surface area contributed by atoms with Crippen LogP contribution in [0, 0.1) is 0 Å². The van der Waals surface area contributed by atoms with E-state index in [1.165, 1.54) is 54.5 Å². The number of anilines is 3. The summed E-state index contributed by atoms with van der Waals surface area (Å²) in [6.45, 7) is 0. The highest BCUT2D eigenvalue weighted by molar-refractivity contribution is 6.11. The molecule has 1 aromatic heterocycles. The molecule has 0 saturated heterocycles. The van der Waals surface area contributed by atoms with Crippen molar-refractivity contribution in [1.82, 2.24) is 4.57 Å². The standard InChI is InChI=1S/C44H30N2/c1-2-17-35(18-3-1)45-43-23-11-9-21-39(43)40-28-26-34(30-44(40)45)38-20-8-10-22-41(38)46(36-27-25-31-13-4-5-15-33(31)29-36)42-24-12-16-32-14-6-7-19-37(32)42/h1-30H. The molecule has 0 amide bonds. The fraction of sp³-hybridized carbons (Fsp3) is 0. The summed E-state index contributed by atoms with van der Waals surface area (Å²) in [4.78, 5) is 2.43. The van der Waals surface area contributed by atoms with Gasteiger partial charge >= 0.3 is 0 Å². The minimum absolute atomic E-state index is 1.13. The lowest BCUT2D eigenvalue weighted by molar-refractivity contribution is 1.18. The Morgan fingerprint density at radius 3 is 1.91 bits per heavy atom. The molecule has 0 atom stereocenters. The minimum Gasteiger partial charge on any atom is -0.309 e. The Morgan fingerprint density at radius 1 is 0.370 bits per heavy atom. The van der Waals surface area contributed by atoms with Crippen LogP contribution in [0.1, 0.15) is 0 Å². The third kappa shape index (κ3) is 4.27. The van der Waals surface area contributed by atoms with Crippen molar-refractivity contribution in [1.29, 1.82) is 0 Å². The summed E-state index contributed by atoms with van der Waals surface area (Å²) >= 11 is 0. The van der Waals surface area contributed by atoms with Gasteiger partial charge in [-0.1, -0.05) is 133 Å².